The SMILES string of the molecule is CN=C(NCc1nc(C)c(C)o1)N1CCC2(CCCCC2)C1. The average molecular weight is 304 g/mol. The van der Waals surface area contributed by atoms with Crippen LogP contribution in [0.2, 0.25) is 0 Å². The minimum atomic E-state index is 0.548. The van der Waals surface area contributed by atoms with Gasteiger partial charge in [0.1, 0.15) is 5.76 Å². The molecule has 3 rings (SSSR count). The summed E-state index contributed by atoms with van der Waals surface area (Å²) in [4.78, 5) is 11.3. The molecule has 22 heavy (non-hydrogen) atoms. The van der Waals surface area contributed by atoms with E-state index in [0.717, 1.165) is 36.4 Å². The van der Waals surface area contributed by atoms with Gasteiger partial charge in [0.05, 0.1) is 12.2 Å². The number of aliphatic imine (C=N–C) groups is 1. The zero-order valence-corrected chi connectivity index (χ0v) is 14.1. The second-order valence-corrected chi connectivity index (χ2v) is 6.88. The fraction of sp³-hybridized carbons (Fsp3) is 0.765. The molecule has 1 spiro atoms. The van der Waals surface area contributed by atoms with E-state index in [2.05, 4.69) is 20.2 Å². The fourth-order valence-electron chi connectivity index (χ4n) is 3.93. The molecule has 122 valence electrons. The van der Waals surface area contributed by atoms with Crippen molar-refractivity contribution >= 4 is 5.96 Å². The lowest BCUT2D eigenvalue weighted by Crippen LogP contribution is -2.41. The summed E-state index contributed by atoms with van der Waals surface area (Å²) in [5.41, 5.74) is 1.51. The lowest BCUT2D eigenvalue weighted by atomic mass is 9.73. The quantitative estimate of drug-likeness (QED) is 0.674. The van der Waals surface area contributed by atoms with Gasteiger partial charge in [-0.2, -0.15) is 0 Å². The maximum atomic E-state index is 5.63. The van der Waals surface area contributed by atoms with Crippen molar-refractivity contribution in [3.8, 4) is 0 Å². The Morgan fingerprint density at radius 3 is 2.68 bits per heavy atom. The van der Waals surface area contributed by atoms with Gasteiger partial charge in [-0.1, -0.05) is 19.3 Å². The van der Waals surface area contributed by atoms with Crippen molar-refractivity contribution in [1.82, 2.24) is 15.2 Å². The molecule has 1 aromatic heterocycles. The topological polar surface area (TPSA) is 53.7 Å². The number of hydrogen-bond donors (Lipinski definition) is 1. The third kappa shape index (κ3) is 3.13. The van der Waals surface area contributed by atoms with Gasteiger partial charge in [0.15, 0.2) is 5.96 Å². The lowest BCUT2D eigenvalue weighted by Gasteiger charge is -2.33. The standard InChI is InChI=1S/C17H28N4O/c1-13-14(2)22-15(20-13)11-19-16(18-3)21-10-9-17(12-21)7-5-4-6-8-17/h4-12H2,1-3H3,(H,18,19). The molecule has 1 saturated carbocycles. The highest BCUT2D eigenvalue weighted by molar-refractivity contribution is 5.80. The normalized spacial score (nSPS) is 21.6. The second-order valence-electron chi connectivity index (χ2n) is 6.88. The summed E-state index contributed by atoms with van der Waals surface area (Å²) in [6, 6.07) is 0. The summed E-state index contributed by atoms with van der Waals surface area (Å²) in [7, 11) is 1.86. The van der Waals surface area contributed by atoms with E-state index in [1.807, 2.05) is 20.9 Å². The van der Waals surface area contributed by atoms with Gasteiger partial charge in [-0.05, 0) is 38.5 Å². The van der Waals surface area contributed by atoms with E-state index in [0.29, 0.717) is 12.0 Å². The molecule has 0 atom stereocenters. The molecule has 2 heterocycles. The Morgan fingerprint density at radius 1 is 1.27 bits per heavy atom. The van der Waals surface area contributed by atoms with Gasteiger partial charge >= 0.3 is 0 Å². The zero-order chi connectivity index (χ0) is 15.6. The summed E-state index contributed by atoms with van der Waals surface area (Å²) in [5.74, 6) is 2.62. The summed E-state index contributed by atoms with van der Waals surface area (Å²) in [5, 5.41) is 3.41. The Balaban J connectivity index is 1.58. The predicted molar refractivity (Wildman–Crippen MR) is 87.9 cm³/mol. The minimum absolute atomic E-state index is 0.548. The smallest absolute Gasteiger partial charge is 0.214 e. The first kappa shape index (κ1) is 15.4. The van der Waals surface area contributed by atoms with E-state index in [4.69, 9.17) is 4.42 Å². The number of nitrogens with one attached hydrogen (secondary N) is 1. The van der Waals surface area contributed by atoms with Crippen molar-refractivity contribution in [2.24, 2.45) is 10.4 Å². The number of aryl methyl sites for hydroxylation is 2. The Labute approximate surface area is 133 Å². The Hall–Kier alpha value is -1.52. The maximum absolute atomic E-state index is 5.63. The van der Waals surface area contributed by atoms with Crippen LogP contribution in [0.5, 0.6) is 0 Å². The van der Waals surface area contributed by atoms with Crippen molar-refractivity contribution in [2.45, 2.75) is 58.9 Å². The Morgan fingerprint density at radius 2 is 2.05 bits per heavy atom. The molecule has 0 amide bonds. The number of hydrogen-bond acceptors (Lipinski definition) is 3. The number of aromatic nitrogens is 1. The van der Waals surface area contributed by atoms with Gasteiger partial charge < -0.3 is 14.6 Å². The molecule has 0 bridgehead atoms. The van der Waals surface area contributed by atoms with Crippen LogP contribution in [0.15, 0.2) is 9.41 Å². The molecular weight excluding hydrogens is 276 g/mol. The van der Waals surface area contributed by atoms with E-state index < -0.39 is 0 Å². The van der Waals surface area contributed by atoms with E-state index in [1.54, 1.807) is 0 Å². The molecule has 5 heteroatoms. The molecule has 1 aromatic rings. The molecule has 0 unspecified atom stereocenters. The molecule has 0 aromatic carbocycles. The lowest BCUT2D eigenvalue weighted by molar-refractivity contribution is 0.203. The van der Waals surface area contributed by atoms with Gasteiger partial charge in [-0.15, -0.1) is 0 Å². The number of nitrogens with zero attached hydrogens (tertiary/aromatic N) is 3. The van der Waals surface area contributed by atoms with Gasteiger partial charge in [0, 0.05) is 20.1 Å². The van der Waals surface area contributed by atoms with Gasteiger partial charge in [0.2, 0.25) is 5.89 Å². The third-order valence-electron chi connectivity index (χ3n) is 5.33. The Kier molecular flexibility index (Phi) is 4.41. The molecule has 0 radical (unpaired) electrons. The molecule has 2 fully saturated rings. The van der Waals surface area contributed by atoms with Gasteiger partial charge in [-0.3, -0.25) is 4.99 Å². The molecule has 2 aliphatic rings. The maximum Gasteiger partial charge on any atom is 0.214 e. The summed E-state index contributed by atoms with van der Waals surface area (Å²) >= 11 is 0. The van der Waals surface area contributed by atoms with Crippen molar-refractivity contribution in [3.05, 3.63) is 17.3 Å². The molecular formula is C17H28N4O. The van der Waals surface area contributed by atoms with Crippen LogP contribution in [-0.2, 0) is 6.54 Å². The minimum Gasteiger partial charge on any atom is -0.444 e. The van der Waals surface area contributed by atoms with Crippen LogP contribution in [0.1, 0.15) is 55.9 Å². The van der Waals surface area contributed by atoms with Crippen molar-refractivity contribution in [3.63, 3.8) is 0 Å². The largest absolute Gasteiger partial charge is 0.444 e. The van der Waals surface area contributed by atoms with Gasteiger partial charge in [0.25, 0.3) is 0 Å². The van der Waals surface area contributed by atoms with Crippen LogP contribution in [-0.4, -0.2) is 36.0 Å². The van der Waals surface area contributed by atoms with Gasteiger partial charge in [-0.25, -0.2) is 4.98 Å². The summed E-state index contributed by atoms with van der Waals surface area (Å²) in [6.45, 7) is 6.79. The molecule has 1 aliphatic heterocycles. The zero-order valence-electron chi connectivity index (χ0n) is 14.1. The first-order valence-corrected chi connectivity index (χ1v) is 8.50. The molecule has 5 nitrogen and oxygen atoms in total. The first-order valence-electron chi connectivity index (χ1n) is 8.50. The average Bonchev–Trinajstić information content (AvgIpc) is 3.05. The summed E-state index contributed by atoms with van der Waals surface area (Å²) in [6.07, 6.45) is 8.29. The van der Waals surface area contributed by atoms with Crippen molar-refractivity contribution in [2.75, 3.05) is 20.1 Å². The summed E-state index contributed by atoms with van der Waals surface area (Å²) < 4.78 is 5.63. The Bertz CT molecular complexity index is 523. The molecule has 1 aliphatic carbocycles. The van der Waals surface area contributed by atoms with Crippen LogP contribution in [0.25, 0.3) is 0 Å². The number of rotatable bonds is 2. The number of likely N-dealkylation sites (tertiary alicyclic amines) is 1. The van der Waals surface area contributed by atoms with Crippen molar-refractivity contribution in [1.29, 1.82) is 0 Å². The number of oxazole rings is 1. The monoisotopic (exact) mass is 304 g/mol. The number of guanidine groups is 1. The van der Waals surface area contributed by atoms with Crippen LogP contribution < -0.4 is 5.32 Å². The predicted octanol–water partition coefficient (Wildman–Crippen LogP) is 3.02. The van der Waals surface area contributed by atoms with E-state index in [1.165, 1.54) is 38.5 Å². The van der Waals surface area contributed by atoms with Crippen LogP contribution >= 0.6 is 0 Å². The molecule has 1 N–H and O–H groups in total. The van der Waals surface area contributed by atoms with E-state index in [9.17, 15) is 0 Å². The fourth-order valence-corrected chi connectivity index (χ4v) is 3.93. The highest BCUT2D eigenvalue weighted by atomic mass is 16.4. The van der Waals surface area contributed by atoms with E-state index in [-0.39, 0.29) is 0 Å². The third-order valence-corrected chi connectivity index (χ3v) is 5.33. The molecule has 1 saturated heterocycles. The first-order chi connectivity index (χ1) is 10.6. The van der Waals surface area contributed by atoms with Crippen LogP contribution in [0, 0.1) is 19.3 Å². The van der Waals surface area contributed by atoms with E-state index >= 15 is 0 Å². The van der Waals surface area contributed by atoms with Crippen LogP contribution in [0.3, 0.4) is 0 Å². The highest BCUT2D eigenvalue weighted by Crippen LogP contribution is 2.43. The highest BCUT2D eigenvalue weighted by Gasteiger charge is 2.39. The van der Waals surface area contributed by atoms with Crippen molar-refractivity contribution < 1.29 is 4.42 Å². The van der Waals surface area contributed by atoms with Crippen LogP contribution in [0.4, 0.5) is 0 Å². The second kappa shape index (κ2) is 6.31.